The molecule has 0 fully saturated rings. The highest BCUT2D eigenvalue weighted by atomic mass is 14.2. The Morgan fingerprint density at radius 2 is 0.625 bits per heavy atom. The van der Waals surface area contributed by atoms with Gasteiger partial charge in [0.1, 0.15) is 31.4 Å². The van der Waals surface area contributed by atoms with Gasteiger partial charge in [0, 0.05) is 0 Å². The first kappa shape index (κ1) is 28.7. The molecule has 9 aromatic carbocycles. The fourth-order valence-corrected chi connectivity index (χ4v) is 7.42. The zero-order chi connectivity index (χ0) is 32.5. The van der Waals surface area contributed by atoms with Gasteiger partial charge in [0.25, 0.3) is 0 Å². The topological polar surface area (TPSA) is 0 Å². The number of benzene rings is 9. The van der Waals surface area contributed by atoms with Crippen LogP contribution in [0.1, 0.15) is 0 Å². The van der Waals surface area contributed by atoms with E-state index in [1.54, 1.807) is 0 Å². The van der Waals surface area contributed by atoms with Crippen LogP contribution in [0.4, 0.5) is 0 Å². The van der Waals surface area contributed by atoms with Crippen molar-refractivity contribution in [3.63, 3.8) is 0 Å². The van der Waals surface area contributed by atoms with E-state index in [0.29, 0.717) is 21.9 Å². The van der Waals surface area contributed by atoms with E-state index in [1.165, 1.54) is 10.8 Å². The summed E-state index contributed by atoms with van der Waals surface area (Å²) in [7, 11) is 27.2. The molecule has 0 aliphatic rings. The predicted molar refractivity (Wildman–Crippen MR) is 212 cm³/mol. The maximum absolute atomic E-state index is 7.02. The second kappa shape index (κ2) is 11.1. The summed E-state index contributed by atoms with van der Waals surface area (Å²) < 4.78 is 0. The maximum atomic E-state index is 7.02. The van der Waals surface area contributed by atoms with Gasteiger partial charge in [-0.15, -0.1) is 10.9 Å². The van der Waals surface area contributed by atoms with Crippen LogP contribution in [-0.4, -0.2) is 31.4 Å². The Bertz CT molecular complexity index is 2780. The minimum Gasteiger partial charge on any atom is -0.110 e. The molecule has 9 aromatic rings. The molecule has 4 heteroatoms. The van der Waals surface area contributed by atoms with E-state index in [0.717, 1.165) is 76.5 Å². The van der Waals surface area contributed by atoms with Crippen molar-refractivity contribution in [2.45, 2.75) is 0 Å². The van der Waals surface area contributed by atoms with Crippen LogP contribution in [0.5, 0.6) is 0 Å². The average molecular weight is 596 g/mol. The molecule has 0 unspecified atom stereocenters. The Morgan fingerprint density at radius 3 is 1.10 bits per heavy atom. The van der Waals surface area contributed by atoms with Gasteiger partial charge in [-0.05, 0) is 112 Å². The van der Waals surface area contributed by atoms with Gasteiger partial charge in [0.05, 0.1) is 0 Å². The molecule has 0 heterocycles. The molecular formula is C44H24B4. The van der Waals surface area contributed by atoms with E-state index in [9.17, 15) is 0 Å². The van der Waals surface area contributed by atoms with E-state index in [1.807, 2.05) is 0 Å². The summed E-state index contributed by atoms with van der Waals surface area (Å²) in [6.07, 6.45) is 0. The van der Waals surface area contributed by atoms with E-state index in [4.69, 9.17) is 31.4 Å². The number of hydrogen-bond donors (Lipinski definition) is 0. The molecule has 0 atom stereocenters. The lowest BCUT2D eigenvalue weighted by Crippen LogP contribution is -2.48. The lowest BCUT2D eigenvalue weighted by atomic mass is 9.62. The second-order valence-electron chi connectivity index (χ2n) is 12.6. The Balaban J connectivity index is 1.47. The standard InChI is InChI=1S/C44H24B4/c45-41-39-37(33-17-14-26-8-2-5-11-29(26)22-33)35-20-19-32(31-16-13-25-7-1-4-10-28(25)21-31)24-36(35)38(40(39)42(46)44(48)43(41)47)34-18-15-27-9-3-6-12-30(27)23-34/h1-24H. The van der Waals surface area contributed by atoms with E-state index >= 15 is 0 Å². The molecule has 9 rings (SSSR count). The third kappa shape index (κ3) is 4.44. The van der Waals surface area contributed by atoms with Crippen LogP contribution in [-0.2, 0) is 0 Å². The van der Waals surface area contributed by atoms with Crippen molar-refractivity contribution >= 4 is 107 Å². The van der Waals surface area contributed by atoms with E-state index < -0.39 is 0 Å². The van der Waals surface area contributed by atoms with Gasteiger partial charge < -0.3 is 0 Å². The monoisotopic (exact) mass is 596 g/mol. The molecule has 8 radical (unpaired) electrons. The number of hydrogen-bond acceptors (Lipinski definition) is 0. The molecule has 0 aromatic heterocycles. The Morgan fingerprint density at radius 1 is 0.271 bits per heavy atom. The zero-order valence-corrected chi connectivity index (χ0v) is 26.2. The van der Waals surface area contributed by atoms with Crippen LogP contribution in [0.15, 0.2) is 146 Å². The van der Waals surface area contributed by atoms with Crippen molar-refractivity contribution in [2.24, 2.45) is 0 Å². The fraction of sp³-hybridized carbons (Fsp3) is 0. The smallest absolute Gasteiger partial charge is 0.110 e. The molecule has 0 aliphatic heterocycles. The molecule has 0 bridgehead atoms. The highest BCUT2D eigenvalue weighted by Gasteiger charge is 2.22. The summed E-state index contributed by atoms with van der Waals surface area (Å²) in [5.74, 6) is 0. The summed E-state index contributed by atoms with van der Waals surface area (Å²) in [6.45, 7) is 0. The van der Waals surface area contributed by atoms with Crippen molar-refractivity contribution in [3.05, 3.63) is 146 Å². The largest absolute Gasteiger partial charge is 0.113 e. The maximum Gasteiger partial charge on any atom is 0.113 e. The van der Waals surface area contributed by atoms with Gasteiger partial charge in [-0.25, -0.2) is 0 Å². The zero-order valence-electron chi connectivity index (χ0n) is 26.2. The van der Waals surface area contributed by atoms with Crippen LogP contribution in [0.25, 0.3) is 87.2 Å². The number of rotatable bonds is 3. The van der Waals surface area contributed by atoms with Crippen LogP contribution in [0.3, 0.4) is 0 Å². The molecule has 212 valence electrons. The van der Waals surface area contributed by atoms with Crippen molar-refractivity contribution in [1.29, 1.82) is 0 Å². The Hall–Kier alpha value is -5.46. The summed E-state index contributed by atoms with van der Waals surface area (Å²) >= 11 is 0. The minimum absolute atomic E-state index is 0.302. The predicted octanol–water partition coefficient (Wildman–Crippen LogP) is 7.63. The minimum atomic E-state index is 0.302. The highest BCUT2D eigenvalue weighted by molar-refractivity contribution is 6.68. The highest BCUT2D eigenvalue weighted by Crippen LogP contribution is 2.44. The molecule has 0 aliphatic carbocycles. The lowest BCUT2D eigenvalue weighted by molar-refractivity contribution is 1.66. The van der Waals surface area contributed by atoms with Gasteiger partial charge in [-0.2, -0.15) is 0 Å². The van der Waals surface area contributed by atoms with Crippen LogP contribution >= 0.6 is 0 Å². The first-order chi connectivity index (χ1) is 23.5. The molecule has 0 saturated heterocycles. The van der Waals surface area contributed by atoms with Crippen LogP contribution in [0, 0.1) is 0 Å². The molecule has 0 amide bonds. The average Bonchev–Trinajstić information content (AvgIpc) is 3.14. The van der Waals surface area contributed by atoms with Gasteiger partial charge in [0.15, 0.2) is 0 Å². The third-order valence-corrected chi connectivity index (χ3v) is 9.88. The van der Waals surface area contributed by atoms with Crippen molar-refractivity contribution in [3.8, 4) is 33.4 Å². The van der Waals surface area contributed by atoms with Crippen LogP contribution < -0.4 is 21.9 Å². The van der Waals surface area contributed by atoms with Crippen LogP contribution in [0.2, 0.25) is 0 Å². The van der Waals surface area contributed by atoms with E-state index in [2.05, 4.69) is 146 Å². The SMILES string of the molecule is [B]c1c([B])c([B])c2c(-c3ccc4ccccc4c3)c3cc(-c4ccc5ccccc5c4)ccc3c(-c3ccc4ccccc4c3)c2c1[B]. The summed E-state index contributed by atoms with van der Waals surface area (Å²) in [5.41, 5.74) is 7.73. The summed E-state index contributed by atoms with van der Waals surface area (Å²) in [4.78, 5) is 0. The second-order valence-corrected chi connectivity index (χ2v) is 12.6. The van der Waals surface area contributed by atoms with Gasteiger partial charge >= 0.3 is 0 Å². The molecule has 0 nitrogen and oxygen atoms in total. The molecular weight excluding hydrogens is 572 g/mol. The molecule has 0 saturated carbocycles. The fourth-order valence-electron chi connectivity index (χ4n) is 7.42. The number of fused-ring (bicyclic) bond motifs is 5. The Kier molecular flexibility index (Phi) is 6.63. The van der Waals surface area contributed by atoms with Crippen molar-refractivity contribution in [1.82, 2.24) is 0 Å². The van der Waals surface area contributed by atoms with Crippen molar-refractivity contribution in [2.75, 3.05) is 0 Å². The van der Waals surface area contributed by atoms with Crippen molar-refractivity contribution < 1.29 is 0 Å². The van der Waals surface area contributed by atoms with Gasteiger partial charge in [0.2, 0.25) is 0 Å². The Labute approximate surface area is 285 Å². The molecule has 0 N–H and O–H groups in total. The first-order valence-corrected chi connectivity index (χ1v) is 16.1. The third-order valence-electron chi connectivity index (χ3n) is 9.88. The first-order valence-electron chi connectivity index (χ1n) is 16.1. The normalized spacial score (nSPS) is 11.7. The lowest BCUT2D eigenvalue weighted by Gasteiger charge is -2.25. The van der Waals surface area contributed by atoms with E-state index in [-0.39, 0.29) is 0 Å². The van der Waals surface area contributed by atoms with Gasteiger partial charge in [-0.3, -0.25) is 0 Å². The van der Waals surface area contributed by atoms with Gasteiger partial charge in [-0.1, -0.05) is 132 Å². The summed E-state index contributed by atoms with van der Waals surface area (Å²) in [5, 5.41) is 10.7. The quantitative estimate of drug-likeness (QED) is 0.146. The molecule has 0 spiro atoms. The molecule has 48 heavy (non-hydrogen) atoms. The summed E-state index contributed by atoms with van der Waals surface area (Å²) in [6, 6.07) is 51.6.